The number of hydrogen-bond donors (Lipinski definition) is 3. The van der Waals surface area contributed by atoms with E-state index < -0.39 is 47.2 Å². The van der Waals surface area contributed by atoms with E-state index in [2.05, 4.69) is 10.3 Å². The first kappa shape index (κ1) is 24.7. The van der Waals surface area contributed by atoms with Gasteiger partial charge in [0.05, 0.1) is 29.4 Å². The van der Waals surface area contributed by atoms with Crippen LogP contribution in [0.3, 0.4) is 0 Å². The number of nitrogens with zero attached hydrogens (tertiary/aromatic N) is 2. The third-order valence-corrected chi connectivity index (χ3v) is 5.90. The van der Waals surface area contributed by atoms with Gasteiger partial charge in [-0.1, -0.05) is 32.9 Å². The highest BCUT2D eigenvalue weighted by atomic mass is 19.1. The van der Waals surface area contributed by atoms with Gasteiger partial charge in [0.15, 0.2) is 0 Å². The summed E-state index contributed by atoms with van der Waals surface area (Å²) >= 11 is 0. The van der Waals surface area contributed by atoms with E-state index in [4.69, 9.17) is 5.73 Å². The molecule has 0 radical (unpaired) electrons. The molecule has 9 heteroatoms. The highest BCUT2D eigenvalue weighted by Crippen LogP contribution is 2.27. The lowest BCUT2D eigenvalue weighted by molar-refractivity contribution is -0.141. The number of hydrogen-bond acceptors (Lipinski definition) is 5. The molecule has 2 amide bonds. The SMILES string of the molecule is C[C@H](NC(=O)C1CC(O)CN1C(=O)[C@@H](N)C(C)(C)C)c1ccc(-c2c(F)cccc2F)cn1. The molecule has 0 saturated carbocycles. The molecule has 178 valence electrons. The number of carbonyl (C=O) groups is 2. The number of nitrogens with one attached hydrogen (secondary N) is 1. The number of β-amino-alcohol motifs (C(OH)–C–C–N with tert-alkyl or cyclic N) is 1. The third kappa shape index (κ3) is 5.36. The molecule has 33 heavy (non-hydrogen) atoms. The molecular formula is C24H30F2N4O3. The second kappa shape index (κ2) is 9.52. The Balaban J connectivity index is 1.72. The van der Waals surface area contributed by atoms with E-state index in [0.717, 1.165) is 0 Å². The molecule has 1 aliphatic rings. The molecule has 0 aliphatic carbocycles. The first-order valence-corrected chi connectivity index (χ1v) is 10.8. The van der Waals surface area contributed by atoms with Gasteiger partial charge in [0, 0.05) is 24.7 Å². The molecule has 1 saturated heterocycles. The smallest absolute Gasteiger partial charge is 0.243 e. The van der Waals surface area contributed by atoms with Crippen LogP contribution >= 0.6 is 0 Å². The van der Waals surface area contributed by atoms with Crippen LogP contribution in [0.2, 0.25) is 0 Å². The Labute approximate surface area is 192 Å². The first-order chi connectivity index (χ1) is 15.4. The monoisotopic (exact) mass is 460 g/mol. The number of benzene rings is 1. The number of amides is 2. The second-order valence-corrected chi connectivity index (χ2v) is 9.54. The van der Waals surface area contributed by atoms with Crippen LogP contribution < -0.4 is 11.1 Å². The normalized spacial score (nSPS) is 20.4. The molecule has 2 heterocycles. The number of nitrogens with two attached hydrogens (primary N) is 1. The van der Waals surface area contributed by atoms with Crippen molar-refractivity contribution in [2.45, 2.75) is 58.3 Å². The van der Waals surface area contributed by atoms with Gasteiger partial charge in [-0.3, -0.25) is 14.6 Å². The lowest BCUT2D eigenvalue weighted by atomic mass is 9.86. The maximum atomic E-state index is 14.0. The van der Waals surface area contributed by atoms with Crippen molar-refractivity contribution in [2.24, 2.45) is 11.1 Å². The van der Waals surface area contributed by atoms with Gasteiger partial charge in [-0.2, -0.15) is 0 Å². The van der Waals surface area contributed by atoms with E-state index in [-0.39, 0.29) is 30.0 Å². The summed E-state index contributed by atoms with van der Waals surface area (Å²) in [5.74, 6) is -2.20. The van der Waals surface area contributed by atoms with Gasteiger partial charge in [-0.15, -0.1) is 0 Å². The molecule has 7 nitrogen and oxygen atoms in total. The molecule has 1 aromatic heterocycles. The van der Waals surface area contributed by atoms with Crippen molar-refractivity contribution in [3.63, 3.8) is 0 Å². The van der Waals surface area contributed by atoms with Crippen LogP contribution in [0.5, 0.6) is 0 Å². The lowest BCUT2D eigenvalue weighted by Gasteiger charge is -2.32. The topological polar surface area (TPSA) is 109 Å². The van der Waals surface area contributed by atoms with E-state index in [0.29, 0.717) is 5.69 Å². The standard InChI is InChI=1S/C24H30F2N4O3/c1-13(18-9-8-14(11-28-18)20-16(25)6-5-7-17(20)26)29-22(32)19-10-15(31)12-30(19)23(33)21(27)24(2,3)4/h5-9,11,13,15,19,21,31H,10,12,27H2,1-4H3,(H,29,32)/t13-,15?,19?,21+/m0/s1. The molecule has 1 fully saturated rings. The van der Waals surface area contributed by atoms with E-state index >= 15 is 0 Å². The molecule has 1 aromatic carbocycles. The number of aromatic nitrogens is 1. The van der Waals surface area contributed by atoms with Crippen molar-refractivity contribution >= 4 is 11.8 Å². The summed E-state index contributed by atoms with van der Waals surface area (Å²) in [6, 6.07) is 4.53. The van der Waals surface area contributed by atoms with Gasteiger partial charge in [0.25, 0.3) is 0 Å². The Morgan fingerprint density at radius 2 is 1.85 bits per heavy atom. The Morgan fingerprint density at radius 1 is 1.21 bits per heavy atom. The van der Waals surface area contributed by atoms with Crippen LogP contribution in [0.1, 0.15) is 45.9 Å². The average molecular weight is 461 g/mol. The zero-order chi connectivity index (χ0) is 24.5. The van der Waals surface area contributed by atoms with Gasteiger partial charge in [-0.25, -0.2) is 8.78 Å². The molecule has 0 bridgehead atoms. The van der Waals surface area contributed by atoms with Crippen molar-refractivity contribution < 1.29 is 23.5 Å². The van der Waals surface area contributed by atoms with Crippen LogP contribution in [-0.4, -0.2) is 51.5 Å². The Hall–Kier alpha value is -2.91. The minimum atomic E-state index is -0.852. The molecule has 1 aliphatic heterocycles. The summed E-state index contributed by atoms with van der Waals surface area (Å²) in [4.78, 5) is 31.4. The zero-order valence-electron chi connectivity index (χ0n) is 19.2. The van der Waals surface area contributed by atoms with E-state index in [1.807, 2.05) is 20.8 Å². The van der Waals surface area contributed by atoms with Crippen LogP contribution in [-0.2, 0) is 9.59 Å². The van der Waals surface area contributed by atoms with E-state index in [1.165, 1.54) is 35.4 Å². The number of aliphatic hydroxyl groups is 1. The molecule has 3 rings (SSSR count). The third-order valence-electron chi connectivity index (χ3n) is 5.90. The Morgan fingerprint density at radius 3 is 2.39 bits per heavy atom. The van der Waals surface area contributed by atoms with E-state index in [1.54, 1.807) is 13.0 Å². The van der Waals surface area contributed by atoms with Crippen LogP contribution in [0, 0.1) is 17.0 Å². The highest BCUT2D eigenvalue weighted by Gasteiger charge is 2.43. The van der Waals surface area contributed by atoms with Gasteiger partial charge >= 0.3 is 0 Å². The number of pyridine rings is 1. The summed E-state index contributed by atoms with van der Waals surface area (Å²) < 4.78 is 28.0. The quantitative estimate of drug-likeness (QED) is 0.636. The van der Waals surface area contributed by atoms with Crippen molar-refractivity contribution in [1.29, 1.82) is 0 Å². The zero-order valence-corrected chi connectivity index (χ0v) is 19.2. The number of rotatable bonds is 5. The van der Waals surface area contributed by atoms with E-state index in [9.17, 15) is 23.5 Å². The molecular weight excluding hydrogens is 430 g/mol. The van der Waals surface area contributed by atoms with Crippen molar-refractivity contribution in [1.82, 2.24) is 15.2 Å². The van der Waals surface area contributed by atoms with Gasteiger partial charge in [-0.05, 0) is 30.5 Å². The molecule has 2 unspecified atom stereocenters. The maximum absolute atomic E-state index is 14.0. The summed E-state index contributed by atoms with van der Waals surface area (Å²) in [5.41, 5.74) is 6.18. The minimum Gasteiger partial charge on any atom is -0.391 e. The molecule has 2 aromatic rings. The van der Waals surface area contributed by atoms with Crippen molar-refractivity contribution in [3.05, 3.63) is 53.9 Å². The van der Waals surface area contributed by atoms with Gasteiger partial charge < -0.3 is 21.1 Å². The van der Waals surface area contributed by atoms with Gasteiger partial charge in [0.1, 0.15) is 17.7 Å². The Bertz CT molecular complexity index is 1000. The fourth-order valence-corrected chi connectivity index (χ4v) is 3.82. The number of carbonyl (C=O) groups excluding carboxylic acids is 2. The summed E-state index contributed by atoms with van der Waals surface area (Å²) in [6.45, 7) is 7.25. The largest absolute Gasteiger partial charge is 0.391 e. The number of halogens is 2. The highest BCUT2D eigenvalue weighted by molar-refractivity contribution is 5.91. The van der Waals surface area contributed by atoms with Crippen LogP contribution in [0.25, 0.3) is 11.1 Å². The lowest BCUT2D eigenvalue weighted by Crippen LogP contribution is -2.55. The number of aliphatic hydroxyl groups excluding tert-OH is 1. The average Bonchev–Trinajstić information content (AvgIpc) is 3.14. The second-order valence-electron chi connectivity index (χ2n) is 9.54. The Kier molecular flexibility index (Phi) is 7.14. The molecule has 4 N–H and O–H groups in total. The van der Waals surface area contributed by atoms with Gasteiger partial charge in [0.2, 0.25) is 11.8 Å². The van der Waals surface area contributed by atoms with Crippen molar-refractivity contribution in [2.75, 3.05) is 6.54 Å². The molecule has 4 atom stereocenters. The number of likely N-dealkylation sites (tertiary alicyclic amines) is 1. The summed E-state index contributed by atoms with van der Waals surface area (Å²) in [5, 5.41) is 12.9. The molecule has 0 spiro atoms. The summed E-state index contributed by atoms with van der Waals surface area (Å²) in [7, 11) is 0. The minimum absolute atomic E-state index is 0.0379. The van der Waals surface area contributed by atoms with Crippen molar-refractivity contribution in [3.8, 4) is 11.1 Å². The summed E-state index contributed by atoms with van der Waals surface area (Å²) in [6.07, 6.45) is 0.636. The first-order valence-electron chi connectivity index (χ1n) is 10.8. The van der Waals surface area contributed by atoms with Crippen LogP contribution in [0.4, 0.5) is 8.78 Å². The predicted molar refractivity (Wildman–Crippen MR) is 120 cm³/mol. The fraction of sp³-hybridized carbons (Fsp3) is 0.458. The maximum Gasteiger partial charge on any atom is 0.243 e. The van der Waals surface area contributed by atoms with Crippen LogP contribution in [0.15, 0.2) is 36.5 Å². The predicted octanol–water partition coefficient (Wildman–Crippen LogP) is 2.54. The fourth-order valence-electron chi connectivity index (χ4n) is 3.82.